The highest BCUT2D eigenvalue weighted by Gasteiger charge is 2.06. The minimum Gasteiger partial charge on any atom is -0.475 e. The van der Waals surface area contributed by atoms with E-state index in [9.17, 15) is 0 Å². The minimum absolute atomic E-state index is 0.102. The molecule has 1 aromatic rings. The second kappa shape index (κ2) is 5.51. The van der Waals surface area contributed by atoms with E-state index in [0.717, 1.165) is 5.56 Å². The molecule has 0 aliphatic rings. The second-order valence-corrected chi connectivity index (χ2v) is 2.75. The number of ether oxygens (including phenoxy) is 2. The van der Waals surface area contributed by atoms with Crippen molar-refractivity contribution in [2.75, 3.05) is 20.3 Å². The molecule has 78 valence electrons. The molecule has 14 heavy (non-hydrogen) atoms. The molecule has 0 atom stereocenters. The Morgan fingerprint density at radius 3 is 2.79 bits per heavy atom. The highest BCUT2D eigenvalue weighted by atomic mass is 16.5. The molecule has 0 unspecified atom stereocenters. The molecule has 0 aliphatic carbocycles. The first-order chi connectivity index (χ1) is 6.79. The van der Waals surface area contributed by atoms with Crippen LogP contribution in [-0.4, -0.2) is 35.4 Å². The van der Waals surface area contributed by atoms with Gasteiger partial charge in [0.15, 0.2) is 0 Å². The van der Waals surface area contributed by atoms with Gasteiger partial charge in [-0.3, -0.25) is 0 Å². The fourth-order valence-electron chi connectivity index (χ4n) is 0.995. The Bertz CT molecular complexity index is 291. The predicted octanol–water partition coefficient (Wildman–Crippen LogP) is 0.303. The zero-order valence-electron chi connectivity index (χ0n) is 8.36. The average molecular weight is 198 g/mol. The summed E-state index contributed by atoms with van der Waals surface area (Å²) in [6, 6.07) is 0. The molecule has 0 spiro atoms. The fraction of sp³-hybridized carbons (Fsp3) is 0.556. The molecule has 0 amide bonds. The van der Waals surface area contributed by atoms with Crippen LogP contribution in [-0.2, 0) is 11.3 Å². The number of nitrogens with zero attached hydrogens (tertiary/aromatic N) is 2. The number of aliphatic hydroxyl groups is 1. The first-order valence-corrected chi connectivity index (χ1v) is 4.32. The third-order valence-electron chi connectivity index (χ3n) is 1.82. The lowest BCUT2D eigenvalue weighted by atomic mass is 10.2. The summed E-state index contributed by atoms with van der Waals surface area (Å²) in [5, 5.41) is 8.94. The summed E-state index contributed by atoms with van der Waals surface area (Å²) >= 11 is 0. The number of aromatic nitrogens is 2. The second-order valence-electron chi connectivity index (χ2n) is 2.75. The average Bonchev–Trinajstić information content (AvgIpc) is 2.21. The summed E-state index contributed by atoms with van der Waals surface area (Å²) in [6.45, 7) is 2.67. The van der Waals surface area contributed by atoms with Gasteiger partial charge in [-0.05, 0) is 6.92 Å². The molecular weight excluding hydrogens is 184 g/mol. The van der Waals surface area contributed by atoms with Crippen LogP contribution in [0.4, 0.5) is 0 Å². The van der Waals surface area contributed by atoms with E-state index in [4.69, 9.17) is 14.6 Å². The van der Waals surface area contributed by atoms with E-state index in [1.54, 1.807) is 7.11 Å². The molecule has 5 nitrogen and oxygen atoms in total. The molecule has 1 heterocycles. The number of hydrogen-bond donors (Lipinski definition) is 1. The van der Waals surface area contributed by atoms with Crippen molar-refractivity contribution in [3.05, 3.63) is 17.6 Å². The lowest BCUT2D eigenvalue weighted by molar-refractivity contribution is 0.143. The van der Waals surface area contributed by atoms with E-state index in [2.05, 4.69) is 9.97 Å². The van der Waals surface area contributed by atoms with Crippen LogP contribution in [0, 0.1) is 6.92 Å². The van der Waals surface area contributed by atoms with Crippen LogP contribution in [0.3, 0.4) is 0 Å². The Kier molecular flexibility index (Phi) is 4.28. The van der Waals surface area contributed by atoms with Gasteiger partial charge in [-0.15, -0.1) is 0 Å². The Labute approximate surface area is 82.7 Å². The highest BCUT2D eigenvalue weighted by molar-refractivity contribution is 5.27. The van der Waals surface area contributed by atoms with E-state index in [1.165, 1.54) is 6.33 Å². The quantitative estimate of drug-likeness (QED) is 0.689. The molecular formula is C9H14N2O3. The van der Waals surface area contributed by atoms with Gasteiger partial charge in [-0.1, -0.05) is 0 Å². The van der Waals surface area contributed by atoms with Gasteiger partial charge in [-0.2, -0.15) is 0 Å². The topological polar surface area (TPSA) is 64.5 Å². The first-order valence-electron chi connectivity index (χ1n) is 4.32. The van der Waals surface area contributed by atoms with Gasteiger partial charge >= 0.3 is 0 Å². The molecule has 0 fully saturated rings. The SMILES string of the molecule is COCCOc1ncnc(CO)c1C. The van der Waals surface area contributed by atoms with Gasteiger partial charge < -0.3 is 14.6 Å². The van der Waals surface area contributed by atoms with Crippen molar-refractivity contribution in [3.63, 3.8) is 0 Å². The Balaban J connectivity index is 2.66. The molecule has 0 bridgehead atoms. The molecule has 0 saturated carbocycles. The van der Waals surface area contributed by atoms with Crippen LogP contribution in [0.15, 0.2) is 6.33 Å². The Morgan fingerprint density at radius 2 is 2.14 bits per heavy atom. The van der Waals surface area contributed by atoms with Crippen molar-refractivity contribution in [2.24, 2.45) is 0 Å². The van der Waals surface area contributed by atoms with Gasteiger partial charge in [0.2, 0.25) is 5.88 Å². The maximum absolute atomic E-state index is 8.94. The van der Waals surface area contributed by atoms with E-state index < -0.39 is 0 Å². The fourth-order valence-corrected chi connectivity index (χ4v) is 0.995. The lowest BCUT2D eigenvalue weighted by Gasteiger charge is -2.08. The van der Waals surface area contributed by atoms with Crippen LogP contribution in [0.5, 0.6) is 5.88 Å². The third-order valence-corrected chi connectivity index (χ3v) is 1.82. The molecule has 0 radical (unpaired) electrons. The smallest absolute Gasteiger partial charge is 0.219 e. The zero-order valence-corrected chi connectivity index (χ0v) is 8.36. The lowest BCUT2D eigenvalue weighted by Crippen LogP contribution is -2.08. The number of methoxy groups -OCH3 is 1. The maximum Gasteiger partial charge on any atom is 0.219 e. The molecule has 1 aromatic heterocycles. The highest BCUT2D eigenvalue weighted by Crippen LogP contribution is 2.15. The summed E-state index contributed by atoms with van der Waals surface area (Å²) in [5.41, 5.74) is 1.36. The van der Waals surface area contributed by atoms with Gasteiger partial charge in [0.05, 0.1) is 18.9 Å². The number of aliphatic hydroxyl groups excluding tert-OH is 1. The van der Waals surface area contributed by atoms with Gasteiger partial charge in [0, 0.05) is 12.7 Å². The normalized spacial score (nSPS) is 10.2. The van der Waals surface area contributed by atoms with Gasteiger partial charge in [0.25, 0.3) is 0 Å². The van der Waals surface area contributed by atoms with E-state index in [0.29, 0.717) is 24.8 Å². The summed E-state index contributed by atoms with van der Waals surface area (Å²) in [6.07, 6.45) is 1.38. The Morgan fingerprint density at radius 1 is 1.36 bits per heavy atom. The van der Waals surface area contributed by atoms with Gasteiger partial charge in [-0.25, -0.2) is 9.97 Å². The van der Waals surface area contributed by atoms with E-state index >= 15 is 0 Å². The van der Waals surface area contributed by atoms with Crippen LogP contribution in [0.2, 0.25) is 0 Å². The molecule has 1 rings (SSSR count). The number of hydrogen-bond acceptors (Lipinski definition) is 5. The summed E-state index contributed by atoms with van der Waals surface area (Å²) in [7, 11) is 1.61. The van der Waals surface area contributed by atoms with Crippen molar-refractivity contribution >= 4 is 0 Å². The predicted molar refractivity (Wildman–Crippen MR) is 50.1 cm³/mol. The largest absolute Gasteiger partial charge is 0.475 e. The van der Waals surface area contributed by atoms with Crippen molar-refractivity contribution in [2.45, 2.75) is 13.5 Å². The molecule has 0 aromatic carbocycles. The van der Waals surface area contributed by atoms with Crippen molar-refractivity contribution in [1.82, 2.24) is 9.97 Å². The van der Waals surface area contributed by atoms with Gasteiger partial charge in [0.1, 0.15) is 12.9 Å². The van der Waals surface area contributed by atoms with Crippen molar-refractivity contribution in [3.8, 4) is 5.88 Å². The van der Waals surface area contributed by atoms with Crippen molar-refractivity contribution in [1.29, 1.82) is 0 Å². The standard InChI is InChI=1S/C9H14N2O3/c1-7-8(5-12)10-6-11-9(7)14-4-3-13-2/h6,12H,3-5H2,1-2H3. The monoisotopic (exact) mass is 198 g/mol. The summed E-state index contributed by atoms with van der Waals surface area (Å²) in [5.74, 6) is 0.501. The molecule has 1 N–H and O–H groups in total. The summed E-state index contributed by atoms with van der Waals surface area (Å²) < 4.78 is 10.2. The van der Waals surface area contributed by atoms with E-state index in [1.807, 2.05) is 6.92 Å². The first kappa shape index (κ1) is 10.9. The van der Waals surface area contributed by atoms with Crippen LogP contribution < -0.4 is 4.74 Å². The molecule has 5 heteroatoms. The Hall–Kier alpha value is -1.20. The number of rotatable bonds is 5. The van der Waals surface area contributed by atoms with Crippen LogP contribution in [0.25, 0.3) is 0 Å². The van der Waals surface area contributed by atoms with Crippen molar-refractivity contribution < 1.29 is 14.6 Å². The maximum atomic E-state index is 8.94. The van der Waals surface area contributed by atoms with Crippen LogP contribution in [0.1, 0.15) is 11.3 Å². The molecule has 0 saturated heterocycles. The van der Waals surface area contributed by atoms with E-state index in [-0.39, 0.29) is 6.61 Å². The zero-order chi connectivity index (χ0) is 10.4. The summed E-state index contributed by atoms with van der Waals surface area (Å²) in [4.78, 5) is 7.87. The third kappa shape index (κ3) is 2.65. The van der Waals surface area contributed by atoms with Crippen LogP contribution >= 0.6 is 0 Å². The molecule has 0 aliphatic heterocycles. The minimum atomic E-state index is -0.102.